The second-order valence-corrected chi connectivity index (χ2v) is 9.99. The van der Waals surface area contributed by atoms with Gasteiger partial charge in [-0.3, -0.25) is 13.9 Å². The maximum absolute atomic E-state index is 13.0. The largest absolute Gasteiger partial charge is 0.348 e. The molecule has 0 aliphatic carbocycles. The highest BCUT2D eigenvalue weighted by Crippen LogP contribution is 2.22. The molecule has 2 N–H and O–H groups in total. The van der Waals surface area contributed by atoms with E-state index in [4.69, 9.17) is 0 Å². The van der Waals surface area contributed by atoms with Gasteiger partial charge in [0.25, 0.3) is 15.9 Å². The van der Waals surface area contributed by atoms with Gasteiger partial charge in [0.2, 0.25) is 5.91 Å². The lowest BCUT2D eigenvalue weighted by Gasteiger charge is -2.19. The van der Waals surface area contributed by atoms with Crippen LogP contribution in [0.15, 0.2) is 83.8 Å². The molecule has 0 bridgehead atoms. The summed E-state index contributed by atoms with van der Waals surface area (Å²) < 4.78 is 27.3. The van der Waals surface area contributed by atoms with Crippen LogP contribution < -0.4 is 14.9 Å². The van der Waals surface area contributed by atoms with E-state index in [2.05, 4.69) is 10.6 Å². The van der Waals surface area contributed by atoms with Gasteiger partial charge in [-0.15, -0.1) is 0 Å². The van der Waals surface area contributed by atoms with Crippen LogP contribution in [0.2, 0.25) is 0 Å². The fraction of sp³-hybridized carbons (Fsp3) is 0.231. The average Bonchev–Trinajstić information content (AvgIpc) is 2.87. The molecule has 2 amide bonds. The number of carbonyl (C=O) groups excluding carboxylic acids is 2. The molecule has 8 heteroatoms. The molecule has 0 saturated carbocycles. The number of sulfonamides is 1. The molecule has 0 radical (unpaired) electrons. The Hall–Kier alpha value is -3.65. The third kappa shape index (κ3) is 6.02. The van der Waals surface area contributed by atoms with E-state index >= 15 is 0 Å². The van der Waals surface area contributed by atoms with Crippen LogP contribution in [0.3, 0.4) is 0 Å². The third-order valence-electron chi connectivity index (χ3n) is 5.58. The Morgan fingerprint density at radius 2 is 1.65 bits per heavy atom. The van der Waals surface area contributed by atoms with Crippen molar-refractivity contribution in [3.05, 3.63) is 90.0 Å². The number of hydrogen-bond donors (Lipinski definition) is 2. The van der Waals surface area contributed by atoms with Gasteiger partial charge >= 0.3 is 0 Å². The SMILES string of the molecule is CCC(C)C(=O)Nc1cccc(CNC(=O)c2cccc(S(=O)(=O)N(C)c3ccccc3)c2)c1. The summed E-state index contributed by atoms with van der Waals surface area (Å²) >= 11 is 0. The topological polar surface area (TPSA) is 95.6 Å². The molecule has 3 aromatic rings. The molecule has 3 aromatic carbocycles. The lowest BCUT2D eigenvalue weighted by Crippen LogP contribution is -2.27. The average molecular weight is 480 g/mol. The molecule has 0 saturated heterocycles. The number of nitrogens with one attached hydrogen (secondary N) is 2. The molecule has 1 unspecified atom stereocenters. The molecule has 178 valence electrons. The van der Waals surface area contributed by atoms with Gasteiger partial charge < -0.3 is 10.6 Å². The van der Waals surface area contributed by atoms with Crippen molar-refractivity contribution >= 4 is 33.2 Å². The van der Waals surface area contributed by atoms with Gasteiger partial charge in [-0.05, 0) is 54.4 Å². The molecule has 0 aliphatic rings. The van der Waals surface area contributed by atoms with Crippen LogP contribution in [0, 0.1) is 5.92 Å². The molecule has 3 rings (SSSR count). The van der Waals surface area contributed by atoms with Crippen LogP contribution in [0.4, 0.5) is 11.4 Å². The Kier molecular flexibility index (Phi) is 8.07. The van der Waals surface area contributed by atoms with Crippen molar-refractivity contribution in [2.75, 3.05) is 16.7 Å². The summed E-state index contributed by atoms with van der Waals surface area (Å²) in [4.78, 5) is 24.9. The molecule has 0 spiro atoms. The van der Waals surface area contributed by atoms with E-state index < -0.39 is 15.9 Å². The molecule has 1 atom stereocenters. The molecule has 34 heavy (non-hydrogen) atoms. The van der Waals surface area contributed by atoms with Crippen molar-refractivity contribution in [3.8, 4) is 0 Å². The van der Waals surface area contributed by atoms with E-state index in [1.165, 1.54) is 23.5 Å². The smallest absolute Gasteiger partial charge is 0.264 e. The van der Waals surface area contributed by atoms with Gasteiger partial charge in [0.05, 0.1) is 10.6 Å². The maximum Gasteiger partial charge on any atom is 0.264 e. The third-order valence-corrected chi connectivity index (χ3v) is 7.36. The normalized spacial score (nSPS) is 12.0. The predicted molar refractivity (Wildman–Crippen MR) is 134 cm³/mol. The molecule has 0 aromatic heterocycles. The monoisotopic (exact) mass is 479 g/mol. The number of para-hydroxylation sites is 1. The number of carbonyl (C=O) groups is 2. The molecule has 0 aliphatic heterocycles. The number of benzene rings is 3. The molecular weight excluding hydrogens is 450 g/mol. The van der Waals surface area contributed by atoms with Crippen LogP contribution in [0.5, 0.6) is 0 Å². The first-order chi connectivity index (χ1) is 16.2. The number of rotatable bonds is 9. The van der Waals surface area contributed by atoms with Gasteiger partial charge in [0, 0.05) is 30.8 Å². The first-order valence-corrected chi connectivity index (χ1v) is 12.5. The van der Waals surface area contributed by atoms with Crippen LogP contribution in [-0.4, -0.2) is 27.3 Å². The number of amides is 2. The highest BCUT2D eigenvalue weighted by Gasteiger charge is 2.22. The number of nitrogens with zero attached hydrogens (tertiary/aromatic N) is 1. The predicted octanol–water partition coefficient (Wildman–Crippen LogP) is 4.43. The lowest BCUT2D eigenvalue weighted by atomic mass is 10.1. The maximum atomic E-state index is 13.0. The first kappa shape index (κ1) is 25.0. The van der Waals surface area contributed by atoms with Crippen LogP contribution in [-0.2, 0) is 21.4 Å². The van der Waals surface area contributed by atoms with Gasteiger partial charge in [0.15, 0.2) is 0 Å². The van der Waals surface area contributed by atoms with E-state index in [1.807, 2.05) is 26.0 Å². The highest BCUT2D eigenvalue weighted by atomic mass is 32.2. The lowest BCUT2D eigenvalue weighted by molar-refractivity contribution is -0.119. The van der Waals surface area contributed by atoms with Gasteiger partial charge in [-0.1, -0.05) is 50.2 Å². The Morgan fingerprint density at radius 3 is 2.35 bits per heavy atom. The number of hydrogen-bond acceptors (Lipinski definition) is 4. The standard InChI is InChI=1S/C26H29N3O4S/c1-4-19(2)25(30)28-22-12-8-10-20(16-22)18-27-26(31)21-11-9-15-24(17-21)34(32,33)29(3)23-13-6-5-7-14-23/h5-17,19H,4,18H2,1-3H3,(H,27,31)(H,28,30). The van der Waals surface area contributed by atoms with Crippen LogP contribution in [0.25, 0.3) is 0 Å². The highest BCUT2D eigenvalue weighted by molar-refractivity contribution is 7.92. The van der Waals surface area contributed by atoms with Gasteiger partial charge in [-0.25, -0.2) is 8.42 Å². The zero-order valence-corrected chi connectivity index (χ0v) is 20.3. The van der Waals surface area contributed by atoms with E-state index in [1.54, 1.807) is 54.6 Å². The van der Waals surface area contributed by atoms with Crippen molar-refractivity contribution < 1.29 is 18.0 Å². The number of anilines is 2. The summed E-state index contributed by atoms with van der Waals surface area (Å²) in [6.45, 7) is 4.05. The zero-order chi connectivity index (χ0) is 24.7. The van der Waals surface area contributed by atoms with Crippen molar-refractivity contribution in [1.82, 2.24) is 5.32 Å². The summed E-state index contributed by atoms with van der Waals surface area (Å²) in [6.07, 6.45) is 0.748. The summed E-state index contributed by atoms with van der Waals surface area (Å²) in [5.74, 6) is -0.538. The second kappa shape index (κ2) is 11.0. The summed E-state index contributed by atoms with van der Waals surface area (Å²) in [5.41, 5.74) is 2.23. The fourth-order valence-corrected chi connectivity index (χ4v) is 4.47. The van der Waals surface area contributed by atoms with Gasteiger partial charge in [0.1, 0.15) is 0 Å². The zero-order valence-electron chi connectivity index (χ0n) is 19.5. The quantitative estimate of drug-likeness (QED) is 0.475. The van der Waals surface area contributed by atoms with Crippen molar-refractivity contribution in [3.63, 3.8) is 0 Å². The van der Waals surface area contributed by atoms with Crippen LogP contribution >= 0.6 is 0 Å². The fourth-order valence-electron chi connectivity index (χ4n) is 3.23. The Bertz CT molecular complexity index is 1260. The Labute approximate surface area is 200 Å². The molecule has 0 heterocycles. The Morgan fingerprint density at radius 1 is 0.941 bits per heavy atom. The second-order valence-electron chi connectivity index (χ2n) is 8.02. The minimum absolute atomic E-state index is 0.0289. The molecule has 7 nitrogen and oxygen atoms in total. The molecular formula is C26H29N3O4S. The van der Waals surface area contributed by atoms with Crippen molar-refractivity contribution in [2.45, 2.75) is 31.7 Å². The first-order valence-electron chi connectivity index (χ1n) is 11.0. The van der Waals surface area contributed by atoms with E-state index in [0.29, 0.717) is 11.4 Å². The van der Waals surface area contributed by atoms with Crippen molar-refractivity contribution in [2.24, 2.45) is 5.92 Å². The van der Waals surface area contributed by atoms with Gasteiger partial charge in [-0.2, -0.15) is 0 Å². The minimum atomic E-state index is -3.83. The Balaban J connectivity index is 1.69. The summed E-state index contributed by atoms with van der Waals surface area (Å²) in [7, 11) is -2.35. The van der Waals surface area contributed by atoms with E-state index in [0.717, 1.165) is 12.0 Å². The van der Waals surface area contributed by atoms with E-state index in [-0.39, 0.29) is 28.8 Å². The summed E-state index contributed by atoms with van der Waals surface area (Å²) in [6, 6.07) is 21.9. The minimum Gasteiger partial charge on any atom is -0.348 e. The van der Waals surface area contributed by atoms with Crippen LogP contribution in [0.1, 0.15) is 36.2 Å². The van der Waals surface area contributed by atoms with Crippen molar-refractivity contribution in [1.29, 1.82) is 0 Å². The molecule has 0 fully saturated rings. The summed E-state index contributed by atoms with van der Waals surface area (Å²) in [5, 5.41) is 5.69. The van der Waals surface area contributed by atoms with E-state index in [9.17, 15) is 18.0 Å².